The zero-order valence-electron chi connectivity index (χ0n) is 22.8. The number of aromatic nitrogens is 2. The second-order valence-corrected chi connectivity index (χ2v) is 10.7. The lowest BCUT2D eigenvalue weighted by Crippen LogP contribution is -2.50. The smallest absolute Gasteiger partial charge is 0.252 e. The molecule has 1 aliphatic rings. The summed E-state index contributed by atoms with van der Waals surface area (Å²) in [5.41, 5.74) is 4.91. The molecule has 0 spiro atoms. The van der Waals surface area contributed by atoms with Crippen molar-refractivity contribution in [2.45, 2.75) is 39.3 Å². The minimum Gasteiger partial charge on any atom is -0.497 e. The van der Waals surface area contributed by atoms with E-state index in [1.54, 1.807) is 11.8 Å². The Bertz CT molecular complexity index is 1240. The van der Waals surface area contributed by atoms with Crippen LogP contribution in [0.3, 0.4) is 0 Å². The first-order chi connectivity index (χ1) is 17.5. The van der Waals surface area contributed by atoms with Gasteiger partial charge in [-0.25, -0.2) is 0 Å². The van der Waals surface area contributed by atoms with Crippen LogP contribution in [0.15, 0.2) is 48.8 Å². The van der Waals surface area contributed by atoms with E-state index in [1.807, 2.05) is 71.4 Å². The Morgan fingerprint density at radius 2 is 1.86 bits per heavy atom. The van der Waals surface area contributed by atoms with Crippen molar-refractivity contribution in [1.82, 2.24) is 20.0 Å². The van der Waals surface area contributed by atoms with Gasteiger partial charge in [0.25, 0.3) is 5.91 Å². The van der Waals surface area contributed by atoms with Crippen molar-refractivity contribution in [3.63, 3.8) is 0 Å². The number of aryl methyl sites for hydroxylation is 2. The van der Waals surface area contributed by atoms with Crippen molar-refractivity contribution < 1.29 is 14.6 Å². The number of nitrogens with zero attached hydrogens (tertiary/aromatic N) is 4. The zero-order valence-corrected chi connectivity index (χ0v) is 22.8. The highest BCUT2D eigenvalue weighted by Crippen LogP contribution is 2.29. The molecule has 1 saturated heterocycles. The van der Waals surface area contributed by atoms with Crippen molar-refractivity contribution in [1.29, 1.82) is 0 Å². The van der Waals surface area contributed by atoms with E-state index in [-0.39, 0.29) is 11.9 Å². The fraction of sp³-hybridized carbons (Fsp3) is 0.448. The first-order valence-electron chi connectivity index (χ1n) is 12.8. The maximum absolute atomic E-state index is 13.4. The average Bonchev–Trinajstić information content (AvgIpc) is 3.30. The average molecular weight is 506 g/mol. The van der Waals surface area contributed by atoms with Gasteiger partial charge in [-0.05, 0) is 74.7 Å². The number of carbonyl (C=O) groups excluding carboxylic acids is 1. The SMILES string of the molecule is COc1cc(-c2cnn(C)c2)cc([C@@H](C)NC(=O)c2cc(N3CCN(CC(C)(C)O)CC3)ccc2C)c1. The van der Waals surface area contributed by atoms with Gasteiger partial charge in [-0.15, -0.1) is 0 Å². The van der Waals surface area contributed by atoms with Gasteiger partial charge >= 0.3 is 0 Å². The molecule has 8 heteroatoms. The number of methoxy groups -OCH3 is 1. The second-order valence-electron chi connectivity index (χ2n) is 10.7. The summed E-state index contributed by atoms with van der Waals surface area (Å²) in [5, 5.41) is 17.6. The van der Waals surface area contributed by atoms with E-state index in [0.29, 0.717) is 12.1 Å². The number of hydrogen-bond acceptors (Lipinski definition) is 6. The summed E-state index contributed by atoms with van der Waals surface area (Å²) in [4.78, 5) is 18.0. The van der Waals surface area contributed by atoms with Gasteiger partial charge in [-0.2, -0.15) is 5.10 Å². The number of benzene rings is 2. The van der Waals surface area contributed by atoms with E-state index in [0.717, 1.165) is 59.9 Å². The summed E-state index contributed by atoms with van der Waals surface area (Å²) in [6, 6.07) is 11.9. The Morgan fingerprint density at radius 1 is 1.14 bits per heavy atom. The molecule has 0 saturated carbocycles. The summed E-state index contributed by atoms with van der Waals surface area (Å²) in [5.74, 6) is 0.637. The van der Waals surface area contributed by atoms with Crippen molar-refractivity contribution >= 4 is 11.6 Å². The van der Waals surface area contributed by atoms with Crippen LogP contribution in [0.2, 0.25) is 0 Å². The normalized spacial score (nSPS) is 15.5. The highest BCUT2D eigenvalue weighted by Gasteiger charge is 2.24. The molecule has 1 aliphatic heterocycles. The molecule has 1 atom stereocenters. The van der Waals surface area contributed by atoms with Crippen molar-refractivity contribution in [2.75, 3.05) is 44.7 Å². The number of ether oxygens (including phenoxy) is 1. The molecule has 37 heavy (non-hydrogen) atoms. The number of hydrogen-bond donors (Lipinski definition) is 2. The maximum atomic E-state index is 13.4. The fourth-order valence-electron chi connectivity index (χ4n) is 4.85. The van der Waals surface area contributed by atoms with E-state index >= 15 is 0 Å². The van der Waals surface area contributed by atoms with Crippen LogP contribution in [0.25, 0.3) is 11.1 Å². The molecule has 8 nitrogen and oxygen atoms in total. The molecule has 2 heterocycles. The van der Waals surface area contributed by atoms with Crippen molar-refractivity contribution in [3.05, 3.63) is 65.5 Å². The number of rotatable bonds is 8. The Labute approximate surface area is 219 Å². The Balaban J connectivity index is 1.48. The molecular formula is C29H39N5O3. The highest BCUT2D eigenvalue weighted by atomic mass is 16.5. The van der Waals surface area contributed by atoms with Gasteiger partial charge in [0.1, 0.15) is 5.75 Å². The van der Waals surface area contributed by atoms with Crippen molar-refractivity contribution in [2.24, 2.45) is 7.05 Å². The molecule has 1 aromatic heterocycles. The number of anilines is 1. The Morgan fingerprint density at radius 3 is 2.49 bits per heavy atom. The largest absolute Gasteiger partial charge is 0.497 e. The topological polar surface area (TPSA) is 82.9 Å². The molecule has 4 rings (SSSR count). The third kappa shape index (κ3) is 6.70. The van der Waals surface area contributed by atoms with E-state index in [1.165, 1.54) is 0 Å². The zero-order chi connectivity index (χ0) is 26.7. The van der Waals surface area contributed by atoms with Gasteiger partial charge < -0.3 is 20.1 Å². The number of amides is 1. The minimum atomic E-state index is -0.699. The number of nitrogens with one attached hydrogen (secondary N) is 1. The van der Waals surface area contributed by atoms with Crippen LogP contribution >= 0.6 is 0 Å². The van der Waals surface area contributed by atoms with Crippen molar-refractivity contribution in [3.8, 4) is 16.9 Å². The maximum Gasteiger partial charge on any atom is 0.252 e. The fourth-order valence-corrected chi connectivity index (χ4v) is 4.85. The van der Waals surface area contributed by atoms with Crippen LogP contribution < -0.4 is 15.0 Å². The predicted octanol–water partition coefficient (Wildman–Crippen LogP) is 3.79. The van der Waals surface area contributed by atoms with Crippen LogP contribution in [-0.2, 0) is 7.05 Å². The van der Waals surface area contributed by atoms with E-state index < -0.39 is 5.60 Å². The van der Waals surface area contributed by atoms with Crippen LogP contribution in [-0.4, -0.2) is 71.1 Å². The molecule has 0 radical (unpaired) electrons. The van der Waals surface area contributed by atoms with Gasteiger partial charge in [-0.1, -0.05) is 6.07 Å². The van der Waals surface area contributed by atoms with Crippen LogP contribution in [0.1, 0.15) is 48.3 Å². The standard InChI is InChI=1S/C29H39N5O3/c1-20-7-8-25(34-11-9-33(10-12-34)19-29(3,4)36)16-27(20)28(35)31-21(2)22-13-23(15-26(14-22)37-6)24-17-30-32(5)18-24/h7-8,13-18,21,36H,9-12,19H2,1-6H3,(H,31,35)/t21-/m1/s1. The molecule has 0 aliphatic carbocycles. The van der Waals surface area contributed by atoms with Gasteiger partial charge in [-0.3, -0.25) is 14.4 Å². The molecule has 2 aromatic carbocycles. The van der Waals surface area contributed by atoms with Gasteiger partial charge in [0.05, 0.1) is 24.9 Å². The molecule has 0 unspecified atom stereocenters. The molecule has 1 amide bonds. The quantitative estimate of drug-likeness (QED) is 0.485. The number of β-amino-alcohol motifs (C(OH)–C–C–N with tert-alkyl or cyclic N) is 1. The predicted molar refractivity (Wildman–Crippen MR) is 147 cm³/mol. The highest BCUT2D eigenvalue weighted by molar-refractivity contribution is 5.97. The Hall–Kier alpha value is -3.36. The second kappa shape index (κ2) is 10.9. The third-order valence-corrected chi connectivity index (χ3v) is 6.86. The monoisotopic (exact) mass is 505 g/mol. The first kappa shape index (κ1) is 26.7. The van der Waals surface area contributed by atoms with E-state index in [9.17, 15) is 9.90 Å². The summed E-state index contributed by atoms with van der Waals surface area (Å²) in [6.07, 6.45) is 3.78. The van der Waals surface area contributed by atoms with E-state index in [2.05, 4.69) is 32.3 Å². The third-order valence-electron chi connectivity index (χ3n) is 6.86. The number of carbonyl (C=O) groups is 1. The molecule has 198 valence electrons. The first-order valence-corrected chi connectivity index (χ1v) is 12.8. The molecular weight excluding hydrogens is 466 g/mol. The number of aliphatic hydroxyl groups is 1. The molecule has 2 N–H and O–H groups in total. The summed E-state index contributed by atoms with van der Waals surface area (Å²) < 4.78 is 7.30. The molecule has 0 bridgehead atoms. The molecule has 3 aromatic rings. The minimum absolute atomic E-state index is 0.0988. The Kier molecular flexibility index (Phi) is 7.90. The lowest BCUT2D eigenvalue weighted by molar-refractivity contribution is 0.0345. The molecule has 1 fully saturated rings. The van der Waals surface area contributed by atoms with Gasteiger partial charge in [0.2, 0.25) is 0 Å². The van der Waals surface area contributed by atoms with Crippen LogP contribution in [0.4, 0.5) is 5.69 Å². The van der Waals surface area contributed by atoms with Crippen LogP contribution in [0.5, 0.6) is 5.75 Å². The summed E-state index contributed by atoms with van der Waals surface area (Å²) in [7, 11) is 3.54. The number of piperazine rings is 1. The summed E-state index contributed by atoms with van der Waals surface area (Å²) in [6.45, 7) is 11.8. The van der Waals surface area contributed by atoms with Gasteiger partial charge in [0.15, 0.2) is 0 Å². The van der Waals surface area contributed by atoms with Gasteiger partial charge in [0, 0.05) is 62.8 Å². The lowest BCUT2D eigenvalue weighted by Gasteiger charge is -2.38. The van der Waals surface area contributed by atoms with E-state index in [4.69, 9.17) is 4.74 Å². The van der Waals surface area contributed by atoms with Crippen LogP contribution in [0, 0.1) is 6.92 Å². The lowest BCUT2D eigenvalue weighted by atomic mass is 10.0. The summed E-state index contributed by atoms with van der Waals surface area (Å²) >= 11 is 0.